The molecule has 1 fully saturated rings. The summed E-state index contributed by atoms with van der Waals surface area (Å²) in [5.74, 6) is -1.08. The van der Waals surface area contributed by atoms with Crippen LogP contribution in [0.2, 0.25) is 0 Å². The molecule has 1 heterocycles. The van der Waals surface area contributed by atoms with E-state index in [9.17, 15) is 9.59 Å². The summed E-state index contributed by atoms with van der Waals surface area (Å²) in [6.07, 6.45) is 7.74. The van der Waals surface area contributed by atoms with Gasteiger partial charge in [-0.3, -0.25) is 9.59 Å². The number of carbonyl (C=O) groups excluding carboxylic acids is 1. The quantitative estimate of drug-likeness (QED) is 0.782. The maximum Gasteiger partial charge on any atom is 0.308 e. The lowest BCUT2D eigenvalue weighted by molar-refractivity contribution is -0.143. The second kappa shape index (κ2) is 5.55. The topological polar surface area (TPSA) is 57.6 Å². The van der Waals surface area contributed by atoms with E-state index in [0.717, 1.165) is 12.8 Å². The molecule has 4 nitrogen and oxygen atoms in total. The molecule has 100 valence electrons. The highest BCUT2D eigenvalue weighted by Gasteiger charge is 2.37. The molecule has 0 aromatic heterocycles. The van der Waals surface area contributed by atoms with Gasteiger partial charge in [0.15, 0.2) is 0 Å². The standard InChI is InChI=1S/C14H21NO3/c1-10-12(14(17)18)7-8-15(10)13(16)9-11-5-3-2-4-6-11/h5,10,12H,2-4,6-9H2,1H3,(H,17,18). The zero-order valence-electron chi connectivity index (χ0n) is 10.9. The largest absolute Gasteiger partial charge is 0.481 e. The first-order valence-corrected chi connectivity index (χ1v) is 6.80. The molecule has 1 saturated heterocycles. The average molecular weight is 251 g/mol. The normalized spacial score (nSPS) is 28.1. The highest BCUT2D eigenvalue weighted by molar-refractivity contribution is 5.81. The first-order chi connectivity index (χ1) is 8.59. The number of hydrogen-bond donors (Lipinski definition) is 1. The Bertz CT molecular complexity index is 375. The Morgan fingerprint density at radius 2 is 2.22 bits per heavy atom. The van der Waals surface area contributed by atoms with Gasteiger partial charge in [-0.2, -0.15) is 0 Å². The van der Waals surface area contributed by atoms with E-state index in [0.29, 0.717) is 19.4 Å². The summed E-state index contributed by atoms with van der Waals surface area (Å²) in [5, 5.41) is 9.06. The molecule has 2 unspecified atom stereocenters. The summed E-state index contributed by atoms with van der Waals surface area (Å²) in [5.41, 5.74) is 1.23. The maximum absolute atomic E-state index is 12.2. The van der Waals surface area contributed by atoms with Crippen LogP contribution in [-0.4, -0.2) is 34.5 Å². The summed E-state index contributed by atoms with van der Waals surface area (Å²) in [4.78, 5) is 24.9. The molecular weight excluding hydrogens is 230 g/mol. The minimum atomic E-state index is -0.783. The number of nitrogens with zero attached hydrogens (tertiary/aromatic N) is 1. The molecule has 2 rings (SSSR count). The van der Waals surface area contributed by atoms with Crippen LogP contribution in [0.15, 0.2) is 11.6 Å². The Morgan fingerprint density at radius 1 is 1.44 bits per heavy atom. The Balaban J connectivity index is 1.93. The second-order valence-electron chi connectivity index (χ2n) is 5.35. The van der Waals surface area contributed by atoms with Crippen molar-refractivity contribution in [2.75, 3.05) is 6.54 Å². The molecule has 0 saturated carbocycles. The van der Waals surface area contributed by atoms with E-state index in [1.807, 2.05) is 6.92 Å². The predicted octanol–water partition coefficient (Wildman–Crippen LogP) is 2.20. The summed E-state index contributed by atoms with van der Waals surface area (Å²) in [6, 6.07) is -0.167. The van der Waals surface area contributed by atoms with Gasteiger partial charge in [-0.15, -0.1) is 0 Å². The van der Waals surface area contributed by atoms with Crippen LogP contribution in [-0.2, 0) is 9.59 Å². The molecule has 2 aliphatic rings. The van der Waals surface area contributed by atoms with Crippen LogP contribution in [0.25, 0.3) is 0 Å². The van der Waals surface area contributed by atoms with Crippen LogP contribution in [0, 0.1) is 5.92 Å². The molecule has 4 heteroatoms. The molecule has 1 amide bonds. The van der Waals surface area contributed by atoms with E-state index in [1.165, 1.54) is 18.4 Å². The van der Waals surface area contributed by atoms with Gasteiger partial charge in [0.25, 0.3) is 0 Å². The van der Waals surface area contributed by atoms with Gasteiger partial charge in [-0.25, -0.2) is 0 Å². The van der Waals surface area contributed by atoms with Gasteiger partial charge in [-0.05, 0) is 39.0 Å². The van der Waals surface area contributed by atoms with Crippen molar-refractivity contribution in [3.05, 3.63) is 11.6 Å². The van der Waals surface area contributed by atoms with Gasteiger partial charge in [-0.1, -0.05) is 11.6 Å². The van der Waals surface area contributed by atoms with Crippen molar-refractivity contribution in [1.82, 2.24) is 4.90 Å². The van der Waals surface area contributed by atoms with Gasteiger partial charge in [0.2, 0.25) is 5.91 Å². The van der Waals surface area contributed by atoms with Crippen molar-refractivity contribution in [2.45, 2.75) is 51.5 Å². The van der Waals surface area contributed by atoms with Gasteiger partial charge in [0, 0.05) is 19.0 Å². The van der Waals surface area contributed by atoms with Crippen molar-refractivity contribution in [3.8, 4) is 0 Å². The van der Waals surface area contributed by atoms with Gasteiger partial charge in [0.1, 0.15) is 0 Å². The van der Waals surface area contributed by atoms with E-state index in [4.69, 9.17) is 5.11 Å². The summed E-state index contributed by atoms with van der Waals surface area (Å²) in [7, 11) is 0. The highest BCUT2D eigenvalue weighted by Crippen LogP contribution is 2.27. The van der Waals surface area contributed by atoms with Crippen molar-refractivity contribution in [3.63, 3.8) is 0 Å². The molecule has 1 N–H and O–H groups in total. The monoisotopic (exact) mass is 251 g/mol. The van der Waals surface area contributed by atoms with Gasteiger partial charge < -0.3 is 10.0 Å². The van der Waals surface area contributed by atoms with Gasteiger partial charge >= 0.3 is 5.97 Å². The lowest BCUT2D eigenvalue weighted by atomic mass is 9.96. The molecule has 1 aliphatic carbocycles. The number of allylic oxidation sites excluding steroid dienone is 1. The lowest BCUT2D eigenvalue weighted by Crippen LogP contribution is -2.37. The summed E-state index contributed by atoms with van der Waals surface area (Å²) < 4.78 is 0. The van der Waals surface area contributed by atoms with E-state index in [1.54, 1.807) is 4.90 Å². The first kappa shape index (κ1) is 13.1. The Labute approximate surface area is 108 Å². The molecular formula is C14H21NO3. The maximum atomic E-state index is 12.2. The Hall–Kier alpha value is -1.32. The number of amides is 1. The van der Waals surface area contributed by atoms with Crippen LogP contribution in [0.4, 0.5) is 0 Å². The first-order valence-electron chi connectivity index (χ1n) is 6.80. The van der Waals surface area contributed by atoms with Gasteiger partial charge in [0.05, 0.1) is 5.92 Å². The van der Waals surface area contributed by atoms with Crippen molar-refractivity contribution >= 4 is 11.9 Å². The third kappa shape index (κ3) is 2.74. The van der Waals surface area contributed by atoms with E-state index >= 15 is 0 Å². The number of hydrogen-bond acceptors (Lipinski definition) is 2. The number of carbonyl (C=O) groups is 2. The number of likely N-dealkylation sites (tertiary alicyclic amines) is 1. The van der Waals surface area contributed by atoms with Crippen LogP contribution in [0.3, 0.4) is 0 Å². The predicted molar refractivity (Wildman–Crippen MR) is 68.1 cm³/mol. The van der Waals surface area contributed by atoms with Crippen molar-refractivity contribution in [1.29, 1.82) is 0 Å². The fourth-order valence-corrected chi connectivity index (χ4v) is 2.98. The zero-order chi connectivity index (χ0) is 13.1. The smallest absolute Gasteiger partial charge is 0.308 e. The van der Waals surface area contributed by atoms with E-state index < -0.39 is 11.9 Å². The molecule has 0 radical (unpaired) electrons. The van der Waals surface area contributed by atoms with Crippen molar-refractivity contribution < 1.29 is 14.7 Å². The fourth-order valence-electron chi connectivity index (χ4n) is 2.98. The molecule has 0 spiro atoms. The molecule has 0 aromatic rings. The van der Waals surface area contributed by atoms with Crippen LogP contribution >= 0.6 is 0 Å². The molecule has 0 aromatic carbocycles. The molecule has 1 aliphatic heterocycles. The minimum absolute atomic E-state index is 0.0967. The molecule has 18 heavy (non-hydrogen) atoms. The Kier molecular flexibility index (Phi) is 4.04. The number of aliphatic carboxylic acids is 1. The number of carboxylic acids is 1. The summed E-state index contributed by atoms with van der Waals surface area (Å²) in [6.45, 7) is 2.43. The van der Waals surface area contributed by atoms with Crippen LogP contribution in [0.1, 0.15) is 45.4 Å². The third-order valence-electron chi connectivity index (χ3n) is 4.16. The van der Waals surface area contributed by atoms with Crippen LogP contribution < -0.4 is 0 Å². The molecule has 2 atom stereocenters. The average Bonchev–Trinajstić information content (AvgIpc) is 2.72. The minimum Gasteiger partial charge on any atom is -0.481 e. The zero-order valence-corrected chi connectivity index (χ0v) is 10.9. The lowest BCUT2D eigenvalue weighted by Gasteiger charge is -2.24. The Morgan fingerprint density at radius 3 is 2.78 bits per heavy atom. The fraction of sp³-hybridized carbons (Fsp3) is 0.714. The third-order valence-corrected chi connectivity index (χ3v) is 4.16. The van der Waals surface area contributed by atoms with E-state index in [-0.39, 0.29) is 11.9 Å². The number of rotatable bonds is 3. The summed E-state index contributed by atoms with van der Waals surface area (Å²) >= 11 is 0. The number of carboxylic acid groups (broad SMARTS) is 1. The van der Waals surface area contributed by atoms with Crippen LogP contribution in [0.5, 0.6) is 0 Å². The second-order valence-corrected chi connectivity index (χ2v) is 5.35. The molecule has 0 bridgehead atoms. The highest BCUT2D eigenvalue weighted by atomic mass is 16.4. The SMILES string of the molecule is CC1C(C(=O)O)CCN1C(=O)CC1=CCCCC1. The van der Waals surface area contributed by atoms with E-state index in [2.05, 4.69) is 6.08 Å². The van der Waals surface area contributed by atoms with Crippen molar-refractivity contribution in [2.24, 2.45) is 5.92 Å².